The maximum Gasteiger partial charge on any atom is 0.222 e. The Morgan fingerprint density at radius 1 is 1.00 bits per heavy atom. The van der Waals surface area contributed by atoms with Crippen LogP contribution in [0.5, 0.6) is 0 Å². The molecule has 0 atom stereocenters. The summed E-state index contributed by atoms with van der Waals surface area (Å²) in [6, 6.07) is 14.5. The summed E-state index contributed by atoms with van der Waals surface area (Å²) in [5.41, 5.74) is 5.70. The molecule has 7 heteroatoms. The number of halogens is 1. The molecule has 5 nitrogen and oxygen atoms in total. The van der Waals surface area contributed by atoms with Crippen LogP contribution in [0.4, 0.5) is 5.69 Å². The molecule has 0 aliphatic carbocycles. The second-order valence-electron chi connectivity index (χ2n) is 6.47. The molecule has 0 unspecified atom stereocenters. The van der Waals surface area contributed by atoms with Gasteiger partial charge in [0.1, 0.15) is 0 Å². The first-order valence-corrected chi connectivity index (χ1v) is 10.4. The van der Waals surface area contributed by atoms with E-state index >= 15 is 0 Å². The molecule has 0 aliphatic heterocycles. The lowest BCUT2D eigenvalue weighted by atomic mass is 9.93. The molecular weight excluding hydrogens is 396 g/mol. The minimum atomic E-state index is -2.73. The highest BCUT2D eigenvalue weighted by Crippen LogP contribution is 2.40. The van der Waals surface area contributed by atoms with Gasteiger partial charge in [0.15, 0.2) is 5.78 Å². The zero-order chi connectivity index (χ0) is 20.4. The molecule has 0 amide bonds. The van der Waals surface area contributed by atoms with Crippen molar-refractivity contribution in [1.82, 2.24) is 4.57 Å². The topological polar surface area (TPSA) is 68.2 Å². The van der Waals surface area contributed by atoms with Gasteiger partial charge in [0.2, 0.25) is 10.9 Å². The SMILES string of the molecule is CCC(=O)c1c(-c2ccc(N[SH](=O)=O)cc2)c(-c2ccc(Cl)cc2)c(C)n1C. The summed E-state index contributed by atoms with van der Waals surface area (Å²) in [6.45, 7) is 3.83. The molecule has 28 heavy (non-hydrogen) atoms. The van der Waals surface area contributed by atoms with E-state index in [0.29, 0.717) is 22.8 Å². The Bertz CT molecular complexity index is 1090. The Morgan fingerprint density at radius 2 is 1.54 bits per heavy atom. The summed E-state index contributed by atoms with van der Waals surface area (Å²) in [6.07, 6.45) is 0.390. The predicted molar refractivity (Wildman–Crippen MR) is 115 cm³/mol. The number of hydrogen-bond acceptors (Lipinski definition) is 3. The van der Waals surface area contributed by atoms with Gasteiger partial charge in [0.05, 0.1) is 5.69 Å². The number of carbonyl (C=O) groups excluding carboxylic acids is 1. The fraction of sp³-hybridized carbons (Fsp3) is 0.190. The summed E-state index contributed by atoms with van der Waals surface area (Å²) in [5.74, 6) is 0.0469. The summed E-state index contributed by atoms with van der Waals surface area (Å²) >= 11 is 6.05. The Hall–Kier alpha value is -2.57. The van der Waals surface area contributed by atoms with Crippen LogP contribution in [-0.4, -0.2) is 18.8 Å². The standard InChI is InChI=1S/C21H21ClN2O3S/c1-4-18(25)21-20(15-7-11-17(12-8-15)23-28(26)27)19(13(2)24(21)3)14-5-9-16(22)10-6-14/h5-12,28H,4H2,1-3H3,(H,23,26,27). The summed E-state index contributed by atoms with van der Waals surface area (Å²) in [5, 5.41) is 0.644. The monoisotopic (exact) mass is 416 g/mol. The lowest BCUT2D eigenvalue weighted by Gasteiger charge is -2.10. The van der Waals surface area contributed by atoms with Gasteiger partial charge >= 0.3 is 0 Å². The van der Waals surface area contributed by atoms with Gasteiger partial charge in [-0.15, -0.1) is 0 Å². The molecule has 3 aromatic rings. The molecule has 0 saturated heterocycles. The molecule has 1 aromatic heterocycles. The van der Waals surface area contributed by atoms with Gasteiger partial charge in [-0.05, 0) is 42.3 Å². The number of anilines is 1. The van der Waals surface area contributed by atoms with Crippen molar-refractivity contribution in [3.63, 3.8) is 0 Å². The quantitative estimate of drug-likeness (QED) is 0.445. The van der Waals surface area contributed by atoms with Crippen molar-refractivity contribution in [1.29, 1.82) is 0 Å². The smallest absolute Gasteiger partial charge is 0.222 e. The maximum absolute atomic E-state index is 12.8. The zero-order valence-corrected chi connectivity index (χ0v) is 17.5. The zero-order valence-electron chi connectivity index (χ0n) is 15.8. The van der Waals surface area contributed by atoms with Gasteiger partial charge in [-0.3, -0.25) is 9.52 Å². The van der Waals surface area contributed by atoms with Crippen LogP contribution >= 0.6 is 11.6 Å². The summed E-state index contributed by atoms with van der Waals surface area (Å²) < 4.78 is 26.1. The van der Waals surface area contributed by atoms with Crippen molar-refractivity contribution in [2.24, 2.45) is 7.05 Å². The first-order valence-electron chi connectivity index (χ1n) is 8.83. The molecule has 0 aliphatic rings. The van der Waals surface area contributed by atoms with Crippen molar-refractivity contribution in [3.05, 3.63) is 64.9 Å². The third kappa shape index (κ3) is 3.84. The minimum absolute atomic E-state index is 0.0469. The average molecular weight is 417 g/mol. The fourth-order valence-corrected chi connectivity index (χ4v) is 3.85. The number of nitrogens with one attached hydrogen (secondary N) is 1. The van der Waals surface area contributed by atoms with Crippen LogP contribution in [0.1, 0.15) is 29.5 Å². The first-order chi connectivity index (χ1) is 13.3. The van der Waals surface area contributed by atoms with Gasteiger partial charge in [-0.2, -0.15) is 0 Å². The molecule has 2 aromatic carbocycles. The highest BCUT2D eigenvalue weighted by atomic mass is 35.5. The van der Waals surface area contributed by atoms with E-state index in [1.807, 2.05) is 61.9 Å². The van der Waals surface area contributed by atoms with Gasteiger partial charge < -0.3 is 4.57 Å². The molecule has 0 saturated carbocycles. The number of thiol groups is 1. The predicted octanol–water partition coefficient (Wildman–Crippen LogP) is 4.85. The Balaban J connectivity index is 2.26. The third-order valence-electron chi connectivity index (χ3n) is 4.80. The van der Waals surface area contributed by atoms with E-state index in [1.54, 1.807) is 12.1 Å². The van der Waals surface area contributed by atoms with Crippen molar-refractivity contribution in [2.75, 3.05) is 4.72 Å². The number of aromatic nitrogens is 1. The number of Topliss-reactive ketones (excluding diaryl/α,β-unsaturated/α-hetero) is 1. The highest BCUT2D eigenvalue weighted by molar-refractivity contribution is 7.73. The van der Waals surface area contributed by atoms with E-state index in [2.05, 4.69) is 4.72 Å². The van der Waals surface area contributed by atoms with E-state index in [9.17, 15) is 13.2 Å². The molecule has 1 heterocycles. The van der Waals surface area contributed by atoms with E-state index in [4.69, 9.17) is 11.6 Å². The van der Waals surface area contributed by atoms with Crippen LogP contribution in [0, 0.1) is 6.92 Å². The second kappa shape index (κ2) is 8.20. The highest BCUT2D eigenvalue weighted by Gasteiger charge is 2.24. The lowest BCUT2D eigenvalue weighted by molar-refractivity contribution is 0.0981. The number of ketones is 1. The van der Waals surface area contributed by atoms with Crippen molar-refractivity contribution in [3.8, 4) is 22.3 Å². The number of hydrogen-bond donors (Lipinski definition) is 2. The van der Waals surface area contributed by atoms with E-state index in [1.165, 1.54) is 0 Å². The fourth-order valence-electron chi connectivity index (χ4n) is 3.36. The Morgan fingerprint density at radius 3 is 2.07 bits per heavy atom. The Kier molecular flexibility index (Phi) is 5.91. The maximum atomic E-state index is 12.8. The lowest BCUT2D eigenvalue weighted by Crippen LogP contribution is -2.06. The van der Waals surface area contributed by atoms with E-state index in [-0.39, 0.29) is 5.78 Å². The van der Waals surface area contributed by atoms with Gasteiger partial charge in [0.25, 0.3) is 0 Å². The molecule has 0 spiro atoms. The largest absolute Gasteiger partial charge is 0.344 e. The van der Waals surface area contributed by atoms with Crippen LogP contribution in [0.15, 0.2) is 48.5 Å². The minimum Gasteiger partial charge on any atom is -0.344 e. The molecule has 1 N–H and O–H groups in total. The Labute approximate surface area is 171 Å². The van der Waals surface area contributed by atoms with Gasteiger partial charge in [0, 0.05) is 41.0 Å². The molecule has 0 fully saturated rings. The summed E-state index contributed by atoms with van der Waals surface area (Å²) in [7, 11) is -0.839. The van der Waals surface area contributed by atoms with Gasteiger partial charge in [-0.1, -0.05) is 42.8 Å². The second-order valence-corrected chi connectivity index (χ2v) is 7.65. The van der Waals surface area contributed by atoms with Crippen molar-refractivity contribution in [2.45, 2.75) is 20.3 Å². The normalized spacial score (nSPS) is 11.0. The molecule has 0 bridgehead atoms. The van der Waals surface area contributed by atoms with Gasteiger partial charge in [-0.25, -0.2) is 8.42 Å². The molecule has 0 radical (unpaired) electrons. The van der Waals surface area contributed by atoms with Crippen LogP contribution in [-0.2, 0) is 17.9 Å². The van der Waals surface area contributed by atoms with Crippen molar-refractivity contribution < 1.29 is 13.2 Å². The molecule has 146 valence electrons. The van der Waals surface area contributed by atoms with Crippen LogP contribution in [0.3, 0.4) is 0 Å². The average Bonchev–Trinajstić information content (AvgIpc) is 2.93. The third-order valence-corrected chi connectivity index (χ3v) is 5.49. The van der Waals surface area contributed by atoms with E-state index in [0.717, 1.165) is 27.9 Å². The molecule has 3 rings (SSSR count). The van der Waals surface area contributed by atoms with Crippen LogP contribution < -0.4 is 4.72 Å². The van der Waals surface area contributed by atoms with Crippen LogP contribution in [0.2, 0.25) is 5.02 Å². The molecular formula is C21H21ClN2O3S. The van der Waals surface area contributed by atoms with E-state index < -0.39 is 10.9 Å². The van der Waals surface area contributed by atoms with Crippen molar-refractivity contribution >= 4 is 34.0 Å². The number of carbonyl (C=O) groups is 1. The first kappa shape index (κ1) is 20.2. The summed E-state index contributed by atoms with van der Waals surface area (Å²) in [4.78, 5) is 12.8. The van der Waals surface area contributed by atoms with Crippen LogP contribution in [0.25, 0.3) is 22.3 Å². The number of benzene rings is 2. The number of nitrogens with zero attached hydrogens (tertiary/aromatic N) is 1. The number of rotatable bonds is 6.